The van der Waals surface area contributed by atoms with Gasteiger partial charge in [-0.25, -0.2) is 0 Å². The summed E-state index contributed by atoms with van der Waals surface area (Å²) in [7, 11) is 0. The van der Waals surface area contributed by atoms with E-state index in [0.29, 0.717) is 0 Å². The van der Waals surface area contributed by atoms with Crippen LogP contribution in [0.15, 0.2) is 42.5 Å². The van der Waals surface area contributed by atoms with Gasteiger partial charge < -0.3 is 10.1 Å². The number of ether oxygens (including phenoxy) is 1. The molecule has 0 aromatic heterocycles. The lowest BCUT2D eigenvalue weighted by Crippen LogP contribution is -2.11. The van der Waals surface area contributed by atoms with E-state index in [1.807, 2.05) is 6.07 Å². The van der Waals surface area contributed by atoms with Crippen molar-refractivity contribution in [1.29, 1.82) is 0 Å². The fourth-order valence-electron chi connectivity index (χ4n) is 2.37. The molecular weight excluding hydrogens is 258 g/mol. The average molecular weight is 283 g/mol. The van der Waals surface area contributed by atoms with Crippen molar-refractivity contribution in [3.05, 3.63) is 53.6 Å². The van der Waals surface area contributed by atoms with Gasteiger partial charge in [0.1, 0.15) is 5.75 Å². The molecule has 0 spiro atoms. The second-order valence-electron chi connectivity index (χ2n) is 5.27. The van der Waals surface area contributed by atoms with Crippen LogP contribution in [0.4, 0.5) is 0 Å². The lowest BCUT2D eigenvalue weighted by atomic mass is 9.97. The lowest BCUT2D eigenvalue weighted by Gasteiger charge is -2.14. The third kappa shape index (κ3) is 4.08. The number of aryl methyl sites for hydroxylation is 1. The van der Waals surface area contributed by atoms with Crippen molar-refractivity contribution in [3.63, 3.8) is 0 Å². The topological polar surface area (TPSA) is 21.3 Å². The van der Waals surface area contributed by atoms with Crippen LogP contribution in [0.1, 0.15) is 31.4 Å². The van der Waals surface area contributed by atoms with E-state index in [9.17, 15) is 0 Å². The van der Waals surface area contributed by atoms with Crippen LogP contribution in [0.2, 0.25) is 0 Å². The van der Waals surface area contributed by atoms with E-state index < -0.39 is 0 Å². The Morgan fingerprint density at radius 2 is 1.81 bits per heavy atom. The molecule has 2 aromatic carbocycles. The van der Waals surface area contributed by atoms with Crippen LogP contribution in [0.5, 0.6) is 5.75 Å². The molecule has 0 radical (unpaired) electrons. The summed E-state index contributed by atoms with van der Waals surface area (Å²) < 4.78 is 5.90. The first-order valence-electron chi connectivity index (χ1n) is 7.78. The van der Waals surface area contributed by atoms with E-state index >= 15 is 0 Å². The Morgan fingerprint density at radius 3 is 2.57 bits per heavy atom. The fraction of sp³-hybridized carbons (Fsp3) is 0.368. The number of rotatable bonds is 7. The Bertz CT molecular complexity index is 578. The average Bonchev–Trinajstić information content (AvgIpc) is 2.52. The Labute approximate surface area is 128 Å². The van der Waals surface area contributed by atoms with Crippen molar-refractivity contribution < 1.29 is 4.74 Å². The quantitative estimate of drug-likeness (QED) is 0.804. The molecule has 0 unspecified atom stereocenters. The highest BCUT2D eigenvalue weighted by molar-refractivity contribution is 5.73. The summed E-state index contributed by atoms with van der Waals surface area (Å²) in [4.78, 5) is 0. The van der Waals surface area contributed by atoms with Crippen LogP contribution in [0.3, 0.4) is 0 Å². The van der Waals surface area contributed by atoms with Crippen molar-refractivity contribution in [2.45, 2.75) is 33.7 Å². The van der Waals surface area contributed by atoms with E-state index in [1.54, 1.807) is 0 Å². The fourth-order valence-corrected chi connectivity index (χ4v) is 2.37. The van der Waals surface area contributed by atoms with Crippen molar-refractivity contribution in [1.82, 2.24) is 5.32 Å². The third-order valence-electron chi connectivity index (χ3n) is 3.52. The molecule has 112 valence electrons. The maximum Gasteiger partial charge on any atom is 0.127 e. The standard InChI is InChI=1S/C19H25NO/c1-4-12-21-19-9-7-6-8-17(19)18-13-16(14-20-5-2)11-10-15(18)3/h6-11,13,20H,4-5,12,14H2,1-3H3. The monoisotopic (exact) mass is 283 g/mol. The smallest absolute Gasteiger partial charge is 0.127 e. The molecule has 0 amide bonds. The number of hydrogen-bond acceptors (Lipinski definition) is 2. The molecule has 0 fully saturated rings. The summed E-state index contributed by atoms with van der Waals surface area (Å²) in [6.45, 7) is 9.06. The first-order chi connectivity index (χ1) is 10.3. The van der Waals surface area contributed by atoms with Gasteiger partial charge in [0, 0.05) is 12.1 Å². The van der Waals surface area contributed by atoms with Gasteiger partial charge >= 0.3 is 0 Å². The summed E-state index contributed by atoms with van der Waals surface area (Å²) in [6, 6.07) is 15.0. The number of nitrogens with one attached hydrogen (secondary N) is 1. The van der Waals surface area contributed by atoms with E-state index in [-0.39, 0.29) is 0 Å². The molecule has 0 bridgehead atoms. The zero-order valence-electron chi connectivity index (χ0n) is 13.3. The number of benzene rings is 2. The van der Waals surface area contributed by atoms with Gasteiger partial charge in [0.15, 0.2) is 0 Å². The zero-order valence-corrected chi connectivity index (χ0v) is 13.3. The molecule has 0 aliphatic rings. The van der Waals surface area contributed by atoms with E-state index in [0.717, 1.165) is 31.9 Å². The minimum atomic E-state index is 0.757. The Kier molecular flexibility index (Phi) is 5.82. The predicted molar refractivity (Wildman–Crippen MR) is 89.8 cm³/mol. The van der Waals surface area contributed by atoms with Crippen molar-refractivity contribution in [2.24, 2.45) is 0 Å². The summed E-state index contributed by atoms with van der Waals surface area (Å²) in [5.41, 5.74) is 5.03. The van der Waals surface area contributed by atoms with Crippen LogP contribution in [0, 0.1) is 6.92 Å². The van der Waals surface area contributed by atoms with Crippen molar-refractivity contribution >= 4 is 0 Å². The molecule has 0 atom stereocenters. The molecule has 0 saturated heterocycles. The molecule has 0 saturated carbocycles. The van der Waals surface area contributed by atoms with Crippen LogP contribution >= 0.6 is 0 Å². The summed E-state index contributed by atoms with van der Waals surface area (Å²) in [6.07, 6.45) is 1.02. The molecule has 0 aliphatic heterocycles. The van der Waals surface area contributed by atoms with Crippen LogP contribution < -0.4 is 10.1 Å². The Hall–Kier alpha value is -1.80. The molecule has 2 heteroatoms. The number of para-hydroxylation sites is 1. The van der Waals surface area contributed by atoms with E-state index in [4.69, 9.17) is 4.74 Å². The molecule has 2 rings (SSSR count). The normalized spacial score (nSPS) is 10.6. The second kappa shape index (κ2) is 7.84. The third-order valence-corrected chi connectivity index (χ3v) is 3.52. The lowest BCUT2D eigenvalue weighted by molar-refractivity contribution is 0.318. The van der Waals surface area contributed by atoms with Crippen LogP contribution in [0.25, 0.3) is 11.1 Å². The van der Waals surface area contributed by atoms with E-state index in [2.05, 4.69) is 62.5 Å². The SMILES string of the molecule is CCCOc1ccccc1-c1cc(CNCC)ccc1C. The largest absolute Gasteiger partial charge is 0.493 e. The molecular formula is C19H25NO. The Balaban J connectivity index is 2.36. The predicted octanol–water partition coefficient (Wildman–Crippen LogP) is 4.56. The minimum Gasteiger partial charge on any atom is -0.493 e. The first kappa shape index (κ1) is 15.6. The highest BCUT2D eigenvalue weighted by Crippen LogP contribution is 2.32. The van der Waals surface area contributed by atoms with E-state index in [1.165, 1.54) is 22.3 Å². The van der Waals surface area contributed by atoms with Gasteiger partial charge in [0.05, 0.1) is 6.61 Å². The van der Waals surface area contributed by atoms with Gasteiger partial charge in [0.25, 0.3) is 0 Å². The molecule has 2 nitrogen and oxygen atoms in total. The first-order valence-corrected chi connectivity index (χ1v) is 7.78. The highest BCUT2D eigenvalue weighted by atomic mass is 16.5. The molecule has 2 aromatic rings. The van der Waals surface area contributed by atoms with Crippen LogP contribution in [-0.2, 0) is 6.54 Å². The van der Waals surface area contributed by atoms with Crippen molar-refractivity contribution in [2.75, 3.05) is 13.2 Å². The molecule has 1 N–H and O–H groups in total. The van der Waals surface area contributed by atoms with Gasteiger partial charge in [0.2, 0.25) is 0 Å². The Morgan fingerprint density at radius 1 is 1.00 bits per heavy atom. The number of hydrogen-bond donors (Lipinski definition) is 1. The highest BCUT2D eigenvalue weighted by Gasteiger charge is 2.09. The minimum absolute atomic E-state index is 0.757. The maximum absolute atomic E-state index is 5.90. The van der Waals surface area contributed by atoms with Gasteiger partial charge in [-0.2, -0.15) is 0 Å². The van der Waals surface area contributed by atoms with Gasteiger partial charge in [-0.1, -0.05) is 44.2 Å². The molecule has 0 heterocycles. The summed E-state index contributed by atoms with van der Waals surface area (Å²) in [5, 5.41) is 3.38. The summed E-state index contributed by atoms with van der Waals surface area (Å²) in [5.74, 6) is 0.975. The van der Waals surface area contributed by atoms with Crippen LogP contribution in [-0.4, -0.2) is 13.2 Å². The van der Waals surface area contributed by atoms with Gasteiger partial charge in [-0.3, -0.25) is 0 Å². The van der Waals surface area contributed by atoms with Gasteiger partial charge in [-0.15, -0.1) is 0 Å². The van der Waals surface area contributed by atoms with Crippen molar-refractivity contribution in [3.8, 4) is 16.9 Å². The second-order valence-corrected chi connectivity index (χ2v) is 5.27. The van der Waals surface area contributed by atoms with Gasteiger partial charge in [-0.05, 0) is 48.7 Å². The molecule has 21 heavy (non-hydrogen) atoms. The maximum atomic E-state index is 5.90. The molecule has 0 aliphatic carbocycles. The summed E-state index contributed by atoms with van der Waals surface area (Å²) >= 11 is 0. The zero-order chi connectivity index (χ0) is 15.1.